The highest BCUT2D eigenvalue weighted by atomic mass is 16.5. The second-order valence-corrected chi connectivity index (χ2v) is 3.73. The number of hydrogen-bond acceptors (Lipinski definition) is 7. The first-order chi connectivity index (χ1) is 9.10. The van der Waals surface area contributed by atoms with Crippen LogP contribution in [0, 0.1) is 0 Å². The van der Waals surface area contributed by atoms with Crippen LogP contribution in [-0.2, 0) is 25.5 Å². The normalized spacial score (nSPS) is 9.84. The van der Waals surface area contributed by atoms with Crippen LogP contribution >= 0.6 is 0 Å². The Balaban J connectivity index is 2.92. The van der Waals surface area contributed by atoms with Crippen LogP contribution in [0.25, 0.3) is 0 Å². The quantitative estimate of drug-likeness (QED) is 0.680. The fraction of sp³-hybridized carbons (Fsp3) is 0.500. The summed E-state index contributed by atoms with van der Waals surface area (Å²) in [6.07, 6.45) is 2.13. The van der Waals surface area contributed by atoms with Crippen LogP contribution in [0.2, 0.25) is 0 Å². The molecule has 0 amide bonds. The van der Waals surface area contributed by atoms with E-state index in [2.05, 4.69) is 19.4 Å². The van der Waals surface area contributed by atoms with E-state index in [1.165, 1.54) is 25.4 Å². The van der Waals surface area contributed by atoms with E-state index in [1.807, 2.05) is 6.92 Å². The van der Waals surface area contributed by atoms with Crippen LogP contribution in [0.3, 0.4) is 0 Å². The summed E-state index contributed by atoms with van der Waals surface area (Å²) in [5.41, 5.74) is 0.824. The van der Waals surface area contributed by atoms with E-state index in [0.29, 0.717) is 5.82 Å². The molecular weight excluding hydrogens is 250 g/mol. The highest BCUT2D eigenvalue weighted by molar-refractivity contribution is 5.80. The first-order valence-corrected chi connectivity index (χ1v) is 5.80. The molecule has 0 saturated carbocycles. The molecule has 1 aromatic heterocycles. The predicted octanol–water partition coefficient (Wildman–Crippen LogP) is 0.191. The van der Waals surface area contributed by atoms with Gasteiger partial charge in [0.05, 0.1) is 14.2 Å². The third kappa shape index (κ3) is 4.53. The first kappa shape index (κ1) is 14.9. The molecule has 0 aliphatic carbocycles. The minimum Gasteiger partial charge on any atom is -0.468 e. The lowest BCUT2D eigenvalue weighted by atomic mass is 10.3. The zero-order valence-corrected chi connectivity index (χ0v) is 11.3. The van der Waals surface area contributed by atoms with Crippen LogP contribution in [-0.4, -0.2) is 49.2 Å². The number of esters is 2. The van der Waals surface area contributed by atoms with Crippen molar-refractivity contribution in [3.8, 4) is 0 Å². The molecule has 7 heteroatoms. The van der Waals surface area contributed by atoms with E-state index >= 15 is 0 Å². The molecule has 0 N–H and O–H groups in total. The van der Waals surface area contributed by atoms with Gasteiger partial charge in [-0.25, -0.2) is 9.97 Å². The number of hydrogen-bond donors (Lipinski definition) is 0. The van der Waals surface area contributed by atoms with Crippen LogP contribution in [0.4, 0.5) is 5.82 Å². The predicted molar refractivity (Wildman–Crippen MR) is 67.7 cm³/mol. The van der Waals surface area contributed by atoms with Gasteiger partial charge in [0.15, 0.2) is 0 Å². The van der Waals surface area contributed by atoms with Crippen molar-refractivity contribution >= 4 is 17.8 Å². The van der Waals surface area contributed by atoms with Gasteiger partial charge in [-0.05, 0) is 6.42 Å². The SMILES string of the molecule is CCc1cc(N(CC(=O)OC)CC(=O)OC)ncn1. The lowest BCUT2D eigenvalue weighted by Gasteiger charge is -2.21. The summed E-state index contributed by atoms with van der Waals surface area (Å²) in [7, 11) is 2.58. The largest absolute Gasteiger partial charge is 0.468 e. The fourth-order valence-corrected chi connectivity index (χ4v) is 1.41. The average molecular weight is 267 g/mol. The molecule has 0 spiro atoms. The Morgan fingerprint density at radius 3 is 2.21 bits per heavy atom. The van der Waals surface area contributed by atoms with Crippen molar-refractivity contribution in [1.82, 2.24) is 9.97 Å². The molecule has 0 radical (unpaired) electrons. The summed E-state index contributed by atoms with van der Waals surface area (Å²) in [5, 5.41) is 0. The number of carbonyl (C=O) groups is 2. The van der Waals surface area contributed by atoms with Gasteiger partial charge >= 0.3 is 11.9 Å². The maximum atomic E-state index is 11.4. The van der Waals surface area contributed by atoms with Crippen LogP contribution in [0.5, 0.6) is 0 Å². The molecule has 1 rings (SSSR count). The zero-order valence-electron chi connectivity index (χ0n) is 11.3. The minimum absolute atomic E-state index is 0.0776. The second kappa shape index (κ2) is 7.30. The maximum Gasteiger partial charge on any atom is 0.325 e. The molecule has 19 heavy (non-hydrogen) atoms. The van der Waals surface area contributed by atoms with Gasteiger partial charge in [0.25, 0.3) is 0 Å². The molecule has 0 aliphatic heterocycles. The van der Waals surface area contributed by atoms with E-state index in [4.69, 9.17) is 0 Å². The number of aromatic nitrogens is 2. The number of carbonyl (C=O) groups excluding carboxylic acids is 2. The summed E-state index contributed by atoms with van der Waals surface area (Å²) in [4.78, 5) is 32.3. The van der Waals surface area contributed by atoms with Crippen LogP contribution < -0.4 is 4.90 Å². The molecule has 0 fully saturated rings. The molecule has 0 bridgehead atoms. The van der Waals surface area contributed by atoms with Gasteiger partial charge in [-0.3, -0.25) is 9.59 Å². The van der Waals surface area contributed by atoms with Crippen LogP contribution in [0.15, 0.2) is 12.4 Å². The topological polar surface area (TPSA) is 81.6 Å². The number of methoxy groups -OCH3 is 2. The summed E-state index contributed by atoms with van der Waals surface area (Å²) in [6.45, 7) is 1.80. The monoisotopic (exact) mass is 267 g/mol. The Morgan fingerprint density at radius 2 is 1.74 bits per heavy atom. The Hall–Kier alpha value is -2.18. The van der Waals surface area contributed by atoms with Gasteiger partial charge in [-0.1, -0.05) is 6.92 Å². The Bertz CT molecular complexity index is 432. The van der Waals surface area contributed by atoms with E-state index in [0.717, 1.165) is 12.1 Å². The van der Waals surface area contributed by atoms with E-state index in [1.54, 1.807) is 6.07 Å². The first-order valence-electron chi connectivity index (χ1n) is 5.80. The maximum absolute atomic E-state index is 11.4. The minimum atomic E-state index is -0.458. The third-order valence-electron chi connectivity index (χ3n) is 2.49. The van der Waals surface area contributed by atoms with Gasteiger partial charge < -0.3 is 14.4 Å². The molecule has 1 aromatic rings. The molecule has 0 saturated heterocycles. The van der Waals surface area contributed by atoms with E-state index < -0.39 is 11.9 Å². The highest BCUT2D eigenvalue weighted by Gasteiger charge is 2.17. The molecule has 104 valence electrons. The van der Waals surface area contributed by atoms with Gasteiger partial charge in [0, 0.05) is 11.8 Å². The molecule has 7 nitrogen and oxygen atoms in total. The lowest BCUT2D eigenvalue weighted by molar-refractivity contribution is -0.140. The highest BCUT2D eigenvalue weighted by Crippen LogP contribution is 2.11. The zero-order chi connectivity index (χ0) is 14.3. The van der Waals surface area contributed by atoms with Crippen molar-refractivity contribution in [3.63, 3.8) is 0 Å². The number of rotatable bonds is 6. The number of ether oxygens (including phenoxy) is 2. The second-order valence-electron chi connectivity index (χ2n) is 3.73. The number of aryl methyl sites for hydroxylation is 1. The molecule has 0 unspecified atom stereocenters. The fourth-order valence-electron chi connectivity index (χ4n) is 1.41. The van der Waals surface area contributed by atoms with E-state index in [-0.39, 0.29) is 13.1 Å². The third-order valence-corrected chi connectivity index (χ3v) is 2.49. The summed E-state index contributed by atoms with van der Waals surface area (Å²) in [6, 6.07) is 1.73. The van der Waals surface area contributed by atoms with Crippen molar-refractivity contribution in [2.75, 3.05) is 32.2 Å². The molecule has 0 aromatic carbocycles. The van der Waals surface area contributed by atoms with E-state index in [9.17, 15) is 9.59 Å². The molecule has 1 heterocycles. The van der Waals surface area contributed by atoms with Crippen LogP contribution in [0.1, 0.15) is 12.6 Å². The lowest BCUT2D eigenvalue weighted by Crippen LogP contribution is -2.36. The van der Waals surface area contributed by atoms with Crippen molar-refractivity contribution in [2.24, 2.45) is 0 Å². The van der Waals surface area contributed by atoms with Gasteiger partial charge in [0.1, 0.15) is 25.2 Å². The number of anilines is 1. The van der Waals surface area contributed by atoms with Gasteiger partial charge in [-0.15, -0.1) is 0 Å². The van der Waals surface area contributed by atoms with Crippen molar-refractivity contribution in [2.45, 2.75) is 13.3 Å². The van der Waals surface area contributed by atoms with Crippen molar-refractivity contribution in [3.05, 3.63) is 18.1 Å². The summed E-state index contributed by atoms with van der Waals surface area (Å²) < 4.78 is 9.20. The van der Waals surface area contributed by atoms with Gasteiger partial charge in [-0.2, -0.15) is 0 Å². The Morgan fingerprint density at radius 1 is 1.16 bits per heavy atom. The average Bonchev–Trinajstić information content (AvgIpc) is 2.46. The smallest absolute Gasteiger partial charge is 0.325 e. The van der Waals surface area contributed by atoms with Crippen molar-refractivity contribution < 1.29 is 19.1 Å². The van der Waals surface area contributed by atoms with Crippen molar-refractivity contribution in [1.29, 1.82) is 0 Å². The van der Waals surface area contributed by atoms with Gasteiger partial charge in [0.2, 0.25) is 0 Å². The number of nitrogens with zero attached hydrogens (tertiary/aromatic N) is 3. The molecule has 0 atom stereocenters. The Labute approximate surface area is 111 Å². The molecule has 0 aliphatic rings. The molecular formula is C12H17N3O4. The summed E-state index contributed by atoms with van der Waals surface area (Å²) in [5.74, 6) is -0.427. The summed E-state index contributed by atoms with van der Waals surface area (Å²) >= 11 is 0. The Kier molecular flexibility index (Phi) is 5.72. The standard InChI is InChI=1S/C12H17N3O4/c1-4-9-5-10(14-8-13-9)15(6-11(16)18-2)7-12(17)19-3/h5,8H,4,6-7H2,1-3H3.